The number of methoxy groups -OCH3 is 1. The lowest BCUT2D eigenvalue weighted by atomic mass is 10.1. The van der Waals surface area contributed by atoms with Crippen LogP contribution in [0.4, 0.5) is 0 Å². The van der Waals surface area contributed by atoms with Crippen molar-refractivity contribution in [3.05, 3.63) is 18.0 Å². The highest BCUT2D eigenvalue weighted by molar-refractivity contribution is 5.70. The van der Waals surface area contributed by atoms with Crippen LogP contribution in [0.3, 0.4) is 0 Å². The van der Waals surface area contributed by atoms with Gasteiger partial charge in [0.2, 0.25) is 0 Å². The van der Waals surface area contributed by atoms with Crippen LogP contribution in [0.25, 0.3) is 0 Å². The van der Waals surface area contributed by atoms with Crippen molar-refractivity contribution in [2.24, 2.45) is 5.73 Å². The topological polar surface area (TPSA) is 70.1 Å². The Labute approximate surface area is 89.2 Å². The first-order chi connectivity index (χ1) is 7.19. The Bertz CT molecular complexity index is 322. The number of nitrogens with two attached hydrogens (primary N) is 1. The lowest BCUT2D eigenvalue weighted by Gasteiger charge is -2.12. The molecule has 0 saturated carbocycles. The molecule has 5 heteroatoms. The molecule has 0 amide bonds. The second-order valence-electron chi connectivity index (χ2n) is 3.37. The summed E-state index contributed by atoms with van der Waals surface area (Å²) in [6.07, 6.45) is 2.87. The third-order valence-corrected chi connectivity index (χ3v) is 2.18. The number of aryl methyl sites for hydroxylation is 1. The standard InChI is InChI=1S/C10H17N3O2/c1-3-6-13-9(4-5-12-13)8(11)7-10(14)15-2/h4-5,8H,3,6-7,11H2,1-2H3/t8-/m1/s1. The van der Waals surface area contributed by atoms with Crippen LogP contribution in [-0.4, -0.2) is 22.9 Å². The number of hydrogen-bond acceptors (Lipinski definition) is 4. The van der Waals surface area contributed by atoms with Gasteiger partial charge in [-0.15, -0.1) is 0 Å². The predicted molar refractivity (Wildman–Crippen MR) is 56.1 cm³/mol. The van der Waals surface area contributed by atoms with Crippen LogP contribution in [-0.2, 0) is 16.1 Å². The maximum atomic E-state index is 11.1. The van der Waals surface area contributed by atoms with E-state index in [0.717, 1.165) is 18.7 Å². The summed E-state index contributed by atoms with van der Waals surface area (Å²) in [6, 6.07) is 1.50. The van der Waals surface area contributed by atoms with Gasteiger partial charge in [0.25, 0.3) is 0 Å². The molecule has 0 bridgehead atoms. The third kappa shape index (κ3) is 3.06. The number of ether oxygens (including phenoxy) is 1. The minimum Gasteiger partial charge on any atom is -0.469 e. The van der Waals surface area contributed by atoms with E-state index < -0.39 is 0 Å². The molecule has 1 heterocycles. The summed E-state index contributed by atoms with van der Waals surface area (Å²) in [5.41, 5.74) is 6.76. The van der Waals surface area contributed by atoms with Crippen LogP contribution < -0.4 is 5.73 Å². The fraction of sp³-hybridized carbons (Fsp3) is 0.600. The number of rotatable bonds is 5. The summed E-state index contributed by atoms with van der Waals surface area (Å²) < 4.78 is 6.40. The molecule has 1 aromatic heterocycles. The first-order valence-corrected chi connectivity index (χ1v) is 5.03. The summed E-state index contributed by atoms with van der Waals surface area (Å²) >= 11 is 0. The summed E-state index contributed by atoms with van der Waals surface area (Å²) in [4.78, 5) is 11.1. The first-order valence-electron chi connectivity index (χ1n) is 5.03. The summed E-state index contributed by atoms with van der Waals surface area (Å²) in [5.74, 6) is -0.299. The Morgan fingerprint density at radius 1 is 1.73 bits per heavy atom. The van der Waals surface area contributed by atoms with Gasteiger partial charge in [0, 0.05) is 12.7 Å². The first kappa shape index (κ1) is 11.7. The summed E-state index contributed by atoms with van der Waals surface area (Å²) in [6.45, 7) is 2.88. The highest BCUT2D eigenvalue weighted by atomic mass is 16.5. The molecule has 0 unspecified atom stereocenters. The molecule has 0 aliphatic rings. The quantitative estimate of drug-likeness (QED) is 0.733. The van der Waals surface area contributed by atoms with Crippen LogP contribution in [0.2, 0.25) is 0 Å². The van der Waals surface area contributed by atoms with Crippen molar-refractivity contribution in [1.82, 2.24) is 9.78 Å². The Morgan fingerprint density at radius 3 is 3.07 bits per heavy atom. The van der Waals surface area contributed by atoms with Gasteiger partial charge in [-0.2, -0.15) is 5.10 Å². The van der Waals surface area contributed by atoms with Gasteiger partial charge in [0.15, 0.2) is 0 Å². The maximum Gasteiger partial charge on any atom is 0.307 e. The van der Waals surface area contributed by atoms with E-state index in [1.165, 1.54) is 7.11 Å². The zero-order chi connectivity index (χ0) is 11.3. The maximum absolute atomic E-state index is 11.1. The van der Waals surface area contributed by atoms with Gasteiger partial charge >= 0.3 is 5.97 Å². The number of hydrogen-bond donors (Lipinski definition) is 1. The lowest BCUT2D eigenvalue weighted by molar-refractivity contribution is -0.141. The number of esters is 1. The molecular formula is C10H17N3O2. The minimum atomic E-state index is -0.341. The number of nitrogens with zero attached hydrogens (tertiary/aromatic N) is 2. The SMILES string of the molecule is CCCn1nccc1[C@H](N)CC(=O)OC. The Hall–Kier alpha value is -1.36. The van der Waals surface area contributed by atoms with Crippen molar-refractivity contribution in [2.45, 2.75) is 32.4 Å². The molecule has 5 nitrogen and oxygen atoms in total. The van der Waals surface area contributed by atoms with Crippen LogP contribution in [0.1, 0.15) is 31.5 Å². The van der Waals surface area contributed by atoms with E-state index in [1.54, 1.807) is 6.20 Å². The van der Waals surface area contributed by atoms with Gasteiger partial charge in [-0.3, -0.25) is 9.48 Å². The van der Waals surface area contributed by atoms with Gasteiger partial charge in [0.05, 0.1) is 25.3 Å². The molecule has 15 heavy (non-hydrogen) atoms. The van der Waals surface area contributed by atoms with Crippen molar-refractivity contribution >= 4 is 5.97 Å². The Balaban J connectivity index is 2.68. The molecular weight excluding hydrogens is 194 g/mol. The largest absolute Gasteiger partial charge is 0.469 e. The molecule has 1 rings (SSSR count). The van der Waals surface area contributed by atoms with E-state index >= 15 is 0 Å². The Morgan fingerprint density at radius 2 is 2.47 bits per heavy atom. The fourth-order valence-corrected chi connectivity index (χ4v) is 1.42. The fourth-order valence-electron chi connectivity index (χ4n) is 1.42. The average Bonchev–Trinajstić information content (AvgIpc) is 2.66. The Kier molecular flexibility index (Phi) is 4.30. The average molecular weight is 211 g/mol. The molecule has 0 fully saturated rings. The van der Waals surface area contributed by atoms with Crippen LogP contribution in [0.15, 0.2) is 12.3 Å². The monoisotopic (exact) mass is 211 g/mol. The smallest absolute Gasteiger partial charge is 0.307 e. The molecule has 0 aromatic carbocycles. The van der Waals surface area contributed by atoms with Crippen molar-refractivity contribution in [1.29, 1.82) is 0 Å². The van der Waals surface area contributed by atoms with Crippen LogP contribution in [0, 0.1) is 0 Å². The van der Waals surface area contributed by atoms with Crippen molar-refractivity contribution in [3.63, 3.8) is 0 Å². The summed E-state index contributed by atoms with van der Waals surface area (Å²) in [7, 11) is 1.36. The third-order valence-electron chi connectivity index (χ3n) is 2.18. The zero-order valence-corrected chi connectivity index (χ0v) is 9.14. The van der Waals surface area contributed by atoms with E-state index in [0.29, 0.717) is 0 Å². The number of carbonyl (C=O) groups excluding carboxylic acids is 1. The second-order valence-corrected chi connectivity index (χ2v) is 3.37. The molecule has 0 spiro atoms. The van der Waals surface area contributed by atoms with Crippen molar-refractivity contribution in [2.75, 3.05) is 7.11 Å². The number of carbonyl (C=O) groups is 1. The molecule has 0 aliphatic heterocycles. The molecule has 84 valence electrons. The van der Waals surface area contributed by atoms with E-state index in [2.05, 4.69) is 16.8 Å². The molecule has 0 saturated heterocycles. The highest BCUT2D eigenvalue weighted by Crippen LogP contribution is 2.14. The predicted octanol–water partition coefficient (Wildman–Crippen LogP) is 0.856. The van der Waals surface area contributed by atoms with E-state index in [-0.39, 0.29) is 18.4 Å². The highest BCUT2D eigenvalue weighted by Gasteiger charge is 2.15. The van der Waals surface area contributed by atoms with Crippen LogP contribution >= 0.6 is 0 Å². The molecule has 0 aliphatic carbocycles. The van der Waals surface area contributed by atoms with Crippen LogP contribution in [0.5, 0.6) is 0 Å². The van der Waals surface area contributed by atoms with Gasteiger partial charge < -0.3 is 10.5 Å². The molecule has 2 N–H and O–H groups in total. The van der Waals surface area contributed by atoms with Gasteiger partial charge in [-0.1, -0.05) is 6.92 Å². The van der Waals surface area contributed by atoms with Gasteiger partial charge in [-0.05, 0) is 12.5 Å². The number of aromatic nitrogens is 2. The molecule has 1 aromatic rings. The van der Waals surface area contributed by atoms with E-state index in [1.807, 2.05) is 10.7 Å². The van der Waals surface area contributed by atoms with Crippen molar-refractivity contribution in [3.8, 4) is 0 Å². The van der Waals surface area contributed by atoms with Crippen molar-refractivity contribution < 1.29 is 9.53 Å². The molecule has 0 radical (unpaired) electrons. The normalized spacial score (nSPS) is 12.5. The zero-order valence-electron chi connectivity index (χ0n) is 9.14. The minimum absolute atomic E-state index is 0.186. The lowest BCUT2D eigenvalue weighted by Crippen LogP contribution is -2.20. The second kappa shape index (κ2) is 5.50. The molecule has 1 atom stereocenters. The summed E-state index contributed by atoms with van der Waals surface area (Å²) in [5, 5.41) is 4.14. The van der Waals surface area contributed by atoms with E-state index in [4.69, 9.17) is 5.73 Å². The van der Waals surface area contributed by atoms with E-state index in [9.17, 15) is 4.79 Å². The van der Waals surface area contributed by atoms with Gasteiger partial charge in [0.1, 0.15) is 0 Å². The van der Waals surface area contributed by atoms with Gasteiger partial charge in [-0.25, -0.2) is 0 Å².